The Hall–Kier alpha value is -4.50. The molecule has 0 radical (unpaired) electrons. The fraction of sp³-hybridized carbons (Fsp3) is 0.233. The normalized spacial score (nSPS) is 20.0. The number of nitrogens with one attached hydrogen (secondary N) is 2. The number of anilines is 1. The van der Waals surface area contributed by atoms with Crippen LogP contribution < -0.4 is 15.8 Å². The molecule has 3 aromatic carbocycles. The summed E-state index contributed by atoms with van der Waals surface area (Å²) in [7, 11) is 0. The molecule has 2 aliphatic rings. The molecule has 0 bridgehead atoms. The Morgan fingerprint density at radius 2 is 1.45 bits per heavy atom. The number of hydrogen-bond donors (Lipinski definition) is 2. The number of hydrazine groups is 1. The van der Waals surface area contributed by atoms with Gasteiger partial charge in [0.1, 0.15) is 0 Å². The van der Waals surface area contributed by atoms with Crippen LogP contribution in [0, 0.1) is 11.8 Å². The van der Waals surface area contributed by atoms with Gasteiger partial charge >= 0.3 is 5.97 Å². The van der Waals surface area contributed by atoms with Gasteiger partial charge in [-0.15, -0.1) is 0 Å². The molecule has 3 atom stereocenters. The van der Waals surface area contributed by atoms with Crippen molar-refractivity contribution in [2.75, 3.05) is 11.5 Å². The molecule has 2 fully saturated rings. The molecule has 1 heterocycles. The summed E-state index contributed by atoms with van der Waals surface area (Å²) >= 11 is 5.79. The van der Waals surface area contributed by atoms with Gasteiger partial charge in [0.25, 0.3) is 11.8 Å². The van der Waals surface area contributed by atoms with Crippen molar-refractivity contribution < 1.29 is 28.7 Å². The molecular weight excluding hydrogens is 534 g/mol. The Morgan fingerprint density at radius 1 is 0.800 bits per heavy atom. The van der Waals surface area contributed by atoms with Crippen LogP contribution in [0.15, 0.2) is 78.9 Å². The average molecular weight is 560 g/mol. The van der Waals surface area contributed by atoms with Crippen molar-refractivity contribution in [2.45, 2.75) is 25.2 Å². The van der Waals surface area contributed by atoms with Crippen molar-refractivity contribution in [3.63, 3.8) is 0 Å². The zero-order chi connectivity index (χ0) is 28.2. The van der Waals surface area contributed by atoms with Crippen molar-refractivity contribution >= 4 is 46.9 Å². The third kappa shape index (κ3) is 5.74. The van der Waals surface area contributed by atoms with Crippen molar-refractivity contribution in [2.24, 2.45) is 11.8 Å². The summed E-state index contributed by atoms with van der Waals surface area (Å²) in [6.45, 7) is -0.628. The van der Waals surface area contributed by atoms with E-state index < -0.39 is 24.4 Å². The van der Waals surface area contributed by atoms with Crippen LogP contribution >= 0.6 is 11.6 Å². The predicted octanol–water partition coefficient (Wildman–Crippen LogP) is 4.03. The molecule has 4 amide bonds. The number of nitrogens with zero attached hydrogens (tertiary/aromatic N) is 1. The van der Waals surface area contributed by atoms with E-state index in [1.807, 2.05) is 18.2 Å². The number of rotatable bonds is 6. The minimum absolute atomic E-state index is 0.141. The van der Waals surface area contributed by atoms with Crippen LogP contribution in [0.4, 0.5) is 5.69 Å². The number of imide groups is 1. The highest BCUT2D eigenvalue weighted by Crippen LogP contribution is 2.45. The van der Waals surface area contributed by atoms with Crippen LogP contribution in [0.2, 0.25) is 5.02 Å². The topological polar surface area (TPSA) is 122 Å². The first kappa shape index (κ1) is 27.1. The lowest BCUT2D eigenvalue weighted by Gasteiger charge is -2.28. The van der Waals surface area contributed by atoms with Gasteiger partial charge in [-0.2, -0.15) is 0 Å². The number of hydrogen-bond acceptors (Lipinski definition) is 6. The molecule has 3 aromatic rings. The fourth-order valence-corrected chi connectivity index (χ4v) is 5.38. The molecule has 0 unspecified atom stereocenters. The third-order valence-corrected chi connectivity index (χ3v) is 7.57. The lowest BCUT2D eigenvalue weighted by Crippen LogP contribution is -2.43. The number of fused-ring (bicyclic) bond motifs is 1. The lowest BCUT2D eigenvalue weighted by molar-refractivity contribution is -0.125. The molecule has 1 saturated carbocycles. The molecule has 9 nitrogen and oxygen atoms in total. The van der Waals surface area contributed by atoms with E-state index in [1.54, 1.807) is 0 Å². The summed E-state index contributed by atoms with van der Waals surface area (Å²) in [5, 5.41) is 0.467. The molecular formula is C30H26ClN3O6. The number of amides is 4. The Labute approximate surface area is 235 Å². The maximum Gasteiger partial charge on any atom is 0.338 e. The highest BCUT2D eigenvalue weighted by molar-refractivity contribution is 6.30. The summed E-state index contributed by atoms with van der Waals surface area (Å²) in [4.78, 5) is 64.1. The third-order valence-electron chi connectivity index (χ3n) is 7.31. The van der Waals surface area contributed by atoms with Gasteiger partial charge in [0.15, 0.2) is 6.61 Å². The Balaban J connectivity index is 1.14. The number of halogens is 1. The minimum atomic E-state index is -0.774. The van der Waals surface area contributed by atoms with Crippen LogP contribution in [0.5, 0.6) is 0 Å². The van der Waals surface area contributed by atoms with Crippen LogP contribution in [0.25, 0.3) is 0 Å². The highest BCUT2D eigenvalue weighted by atomic mass is 35.5. The molecule has 10 heteroatoms. The smallest absolute Gasteiger partial charge is 0.338 e. The number of ether oxygens (including phenoxy) is 1. The molecule has 1 saturated heterocycles. The second kappa shape index (κ2) is 11.7. The molecule has 1 aliphatic carbocycles. The number of esters is 1. The van der Waals surface area contributed by atoms with Gasteiger partial charge in [-0.05, 0) is 79.3 Å². The summed E-state index contributed by atoms with van der Waals surface area (Å²) in [5.74, 6) is -2.98. The first-order valence-corrected chi connectivity index (χ1v) is 13.2. The van der Waals surface area contributed by atoms with Crippen LogP contribution in [-0.4, -0.2) is 36.2 Å². The second-order valence-corrected chi connectivity index (χ2v) is 10.2. The maximum absolute atomic E-state index is 13.3. The van der Waals surface area contributed by atoms with E-state index in [2.05, 4.69) is 23.0 Å². The van der Waals surface area contributed by atoms with Crippen LogP contribution in [-0.2, 0) is 19.1 Å². The van der Waals surface area contributed by atoms with Crippen molar-refractivity contribution in [3.05, 3.63) is 101 Å². The first-order valence-electron chi connectivity index (χ1n) is 12.9. The SMILES string of the molecule is O=C(COC(=O)c1ccc(N2C(=O)[C@H]3C[C@H](c4ccccc4)CC[C@H]3C2=O)cc1)NNC(=O)c1ccc(Cl)cc1. The summed E-state index contributed by atoms with van der Waals surface area (Å²) in [6.07, 6.45) is 2.13. The van der Waals surface area contributed by atoms with E-state index in [-0.39, 0.29) is 40.7 Å². The Morgan fingerprint density at radius 3 is 2.15 bits per heavy atom. The molecule has 204 valence electrons. The number of benzene rings is 3. The molecule has 2 N–H and O–H groups in total. The van der Waals surface area contributed by atoms with Crippen molar-refractivity contribution in [3.8, 4) is 0 Å². The standard InChI is InChI=1S/C30H26ClN3O6/c31-22-11-6-19(7-12-22)27(36)33-32-26(35)17-40-30(39)20-8-13-23(14-9-20)34-28(37)24-15-10-21(16-25(24)29(34)38)18-4-2-1-3-5-18/h1-9,11-14,21,24-25H,10,15-17H2,(H,32,35)(H,33,36)/t21-,24-,25+/m1/s1. The largest absolute Gasteiger partial charge is 0.452 e. The summed E-state index contributed by atoms with van der Waals surface area (Å²) in [6, 6.07) is 22.0. The molecule has 0 aromatic heterocycles. The monoisotopic (exact) mass is 559 g/mol. The van der Waals surface area contributed by atoms with Gasteiger partial charge in [-0.1, -0.05) is 41.9 Å². The second-order valence-electron chi connectivity index (χ2n) is 9.78. The Kier molecular flexibility index (Phi) is 7.93. The van der Waals surface area contributed by atoms with E-state index >= 15 is 0 Å². The van der Waals surface area contributed by atoms with Crippen molar-refractivity contribution in [1.29, 1.82) is 0 Å². The van der Waals surface area contributed by atoms with Crippen LogP contribution in [0.1, 0.15) is 51.5 Å². The zero-order valence-electron chi connectivity index (χ0n) is 21.3. The van der Waals surface area contributed by atoms with Gasteiger partial charge in [0, 0.05) is 10.6 Å². The fourth-order valence-electron chi connectivity index (χ4n) is 5.26. The number of carbonyl (C=O) groups is 5. The predicted molar refractivity (Wildman–Crippen MR) is 146 cm³/mol. The first-order chi connectivity index (χ1) is 19.3. The van der Waals surface area contributed by atoms with Crippen LogP contribution in [0.3, 0.4) is 0 Å². The van der Waals surface area contributed by atoms with Gasteiger partial charge in [0.05, 0.1) is 23.1 Å². The Bertz CT molecular complexity index is 1440. The molecule has 0 spiro atoms. The highest BCUT2D eigenvalue weighted by Gasteiger charge is 2.50. The summed E-state index contributed by atoms with van der Waals surface area (Å²) < 4.78 is 5.02. The van der Waals surface area contributed by atoms with Gasteiger partial charge < -0.3 is 4.74 Å². The van der Waals surface area contributed by atoms with E-state index in [9.17, 15) is 24.0 Å². The molecule has 40 heavy (non-hydrogen) atoms. The van der Waals surface area contributed by atoms with Gasteiger partial charge in [-0.3, -0.25) is 34.9 Å². The van der Waals surface area contributed by atoms with Gasteiger partial charge in [-0.25, -0.2) is 4.79 Å². The molecule has 5 rings (SSSR count). The lowest BCUT2D eigenvalue weighted by atomic mass is 9.73. The van der Waals surface area contributed by atoms with E-state index in [1.165, 1.54) is 59.0 Å². The average Bonchev–Trinajstić information content (AvgIpc) is 3.24. The van der Waals surface area contributed by atoms with Crippen molar-refractivity contribution in [1.82, 2.24) is 10.9 Å². The number of carbonyl (C=O) groups excluding carboxylic acids is 5. The summed E-state index contributed by atoms with van der Waals surface area (Å²) in [5.41, 5.74) is 6.38. The molecule has 1 aliphatic heterocycles. The maximum atomic E-state index is 13.3. The van der Waals surface area contributed by atoms with E-state index in [0.29, 0.717) is 23.6 Å². The van der Waals surface area contributed by atoms with E-state index in [4.69, 9.17) is 16.3 Å². The zero-order valence-corrected chi connectivity index (χ0v) is 22.1. The van der Waals surface area contributed by atoms with E-state index in [0.717, 1.165) is 6.42 Å². The quantitative estimate of drug-likeness (QED) is 0.267. The minimum Gasteiger partial charge on any atom is -0.452 e. The van der Waals surface area contributed by atoms with Gasteiger partial charge in [0.2, 0.25) is 11.8 Å².